The lowest BCUT2D eigenvalue weighted by Crippen LogP contribution is -2.46. The van der Waals surface area contributed by atoms with E-state index in [-0.39, 0.29) is 6.61 Å². The van der Waals surface area contributed by atoms with Crippen LogP contribution in [0.1, 0.15) is 23.6 Å². The zero-order valence-electron chi connectivity index (χ0n) is 10.5. The molecule has 3 nitrogen and oxygen atoms in total. The van der Waals surface area contributed by atoms with Crippen molar-refractivity contribution in [1.82, 2.24) is 0 Å². The molecule has 0 heterocycles. The fourth-order valence-electron chi connectivity index (χ4n) is 1.68. The van der Waals surface area contributed by atoms with Crippen molar-refractivity contribution < 1.29 is 9.84 Å². The smallest absolute Gasteiger partial charge is 0.125 e. The second-order valence-corrected chi connectivity index (χ2v) is 4.83. The first-order chi connectivity index (χ1) is 7.35. The first-order valence-corrected chi connectivity index (χ1v) is 5.46. The molecular formula is C13H21NO2. The molecule has 16 heavy (non-hydrogen) atoms. The van der Waals surface area contributed by atoms with Crippen LogP contribution in [0.3, 0.4) is 0 Å². The summed E-state index contributed by atoms with van der Waals surface area (Å²) in [6.07, 6.45) is 0. The van der Waals surface area contributed by atoms with Crippen molar-refractivity contribution in [2.75, 3.05) is 13.2 Å². The number of rotatable bonds is 4. The maximum Gasteiger partial charge on any atom is 0.125 e. The van der Waals surface area contributed by atoms with E-state index in [0.717, 1.165) is 16.9 Å². The number of nitrogens with two attached hydrogens (primary N) is 1. The SMILES string of the molecule is Cc1cc(C)c(OCC(C)(N)CO)c(C)c1. The Balaban J connectivity index is 2.82. The van der Waals surface area contributed by atoms with Crippen LogP contribution in [0.4, 0.5) is 0 Å². The van der Waals surface area contributed by atoms with Gasteiger partial charge >= 0.3 is 0 Å². The first kappa shape index (κ1) is 13.0. The highest BCUT2D eigenvalue weighted by Crippen LogP contribution is 2.25. The molecule has 0 aliphatic heterocycles. The summed E-state index contributed by atoms with van der Waals surface area (Å²) in [7, 11) is 0. The predicted octanol–water partition coefficient (Wildman–Crippen LogP) is 1.70. The standard InChI is InChI=1S/C13H21NO2/c1-9-5-10(2)12(11(3)6-9)16-8-13(4,14)7-15/h5-6,15H,7-8,14H2,1-4H3. The molecule has 0 amide bonds. The largest absolute Gasteiger partial charge is 0.491 e. The van der Waals surface area contributed by atoms with Gasteiger partial charge in [-0.1, -0.05) is 17.7 Å². The highest BCUT2D eigenvalue weighted by molar-refractivity contribution is 5.42. The maximum absolute atomic E-state index is 9.05. The average molecular weight is 223 g/mol. The summed E-state index contributed by atoms with van der Waals surface area (Å²) >= 11 is 0. The van der Waals surface area contributed by atoms with Gasteiger partial charge in [0.25, 0.3) is 0 Å². The molecule has 1 atom stereocenters. The van der Waals surface area contributed by atoms with Crippen molar-refractivity contribution in [1.29, 1.82) is 0 Å². The van der Waals surface area contributed by atoms with Crippen molar-refractivity contribution in [2.24, 2.45) is 5.73 Å². The molecule has 0 fully saturated rings. The summed E-state index contributed by atoms with van der Waals surface area (Å²) in [5.74, 6) is 0.871. The van der Waals surface area contributed by atoms with Crippen LogP contribution in [-0.2, 0) is 0 Å². The minimum Gasteiger partial charge on any atom is -0.491 e. The number of ether oxygens (including phenoxy) is 1. The van der Waals surface area contributed by atoms with E-state index in [1.165, 1.54) is 5.56 Å². The number of aryl methyl sites for hydroxylation is 3. The van der Waals surface area contributed by atoms with Crippen LogP contribution in [0.25, 0.3) is 0 Å². The molecule has 1 aromatic carbocycles. The van der Waals surface area contributed by atoms with E-state index in [4.69, 9.17) is 15.6 Å². The number of benzene rings is 1. The Morgan fingerprint density at radius 2 is 1.75 bits per heavy atom. The Labute approximate surface area is 97.2 Å². The lowest BCUT2D eigenvalue weighted by molar-refractivity contribution is 0.145. The third kappa shape index (κ3) is 3.22. The summed E-state index contributed by atoms with van der Waals surface area (Å²) in [5, 5.41) is 9.05. The summed E-state index contributed by atoms with van der Waals surface area (Å²) in [5.41, 5.74) is 8.56. The van der Waals surface area contributed by atoms with Gasteiger partial charge in [0.05, 0.1) is 12.1 Å². The van der Waals surface area contributed by atoms with Crippen LogP contribution in [0.5, 0.6) is 5.75 Å². The molecule has 0 radical (unpaired) electrons. The van der Waals surface area contributed by atoms with Gasteiger partial charge in [0.15, 0.2) is 0 Å². The van der Waals surface area contributed by atoms with Gasteiger partial charge in [0, 0.05) is 0 Å². The highest BCUT2D eigenvalue weighted by atomic mass is 16.5. The Morgan fingerprint density at radius 3 is 2.19 bits per heavy atom. The summed E-state index contributed by atoms with van der Waals surface area (Å²) in [6.45, 7) is 8.09. The number of hydrogen-bond acceptors (Lipinski definition) is 3. The molecule has 3 N–H and O–H groups in total. The maximum atomic E-state index is 9.05. The molecule has 1 rings (SSSR count). The van der Waals surface area contributed by atoms with Crippen molar-refractivity contribution >= 4 is 0 Å². The van der Waals surface area contributed by atoms with Crippen LogP contribution in [0.15, 0.2) is 12.1 Å². The number of aliphatic hydroxyl groups is 1. The van der Waals surface area contributed by atoms with Crippen LogP contribution in [-0.4, -0.2) is 23.9 Å². The lowest BCUT2D eigenvalue weighted by atomic mass is 10.1. The van der Waals surface area contributed by atoms with E-state index >= 15 is 0 Å². The van der Waals surface area contributed by atoms with Crippen molar-refractivity contribution in [3.8, 4) is 5.75 Å². The molecule has 0 aliphatic rings. The molecule has 1 aromatic rings. The van der Waals surface area contributed by atoms with Gasteiger partial charge in [-0.15, -0.1) is 0 Å². The van der Waals surface area contributed by atoms with E-state index in [9.17, 15) is 0 Å². The van der Waals surface area contributed by atoms with Gasteiger partial charge < -0.3 is 15.6 Å². The van der Waals surface area contributed by atoms with E-state index in [1.54, 1.807) is 6.92 Å². The molecule has 0 spiro atoms. The summed E-state index contributed by atoms with van der Waals surface area (Å²) in [6, 6.07) is 4.16. The third-order valence-electron chi connectivity index (χ3n) is 2.51. The molecular weight excluding hydrogens is 202 g/mol. The molecule has 0 aromatic heterocycles. The zero-order valence-corrected chi connectivity index (χ0v) is 10.5. The highest BCUT2D eigenvalue weighted by Gasteiger charge is 2.19. The fourth-order valence-corrected chi connectivity index (χ4v) is 1.68. The van der Waals surface area contributed by atoms with Crippen LogP contribution < -0.4 is 10.5 Å². The van der Waals surface area contributed by atoms with Crippen LogP contribution in [0.2, 0.25) is 0 Å². The van der Waals surface area contributed by atoms with Gasteiger partial charge in [-0.3, -0.25) is 0 Å². The molecule has 3 heteroatoms. The van der Waals surface area contributed by atoms with Crippen molar-refractivity contribution in [3.63, 3.8) is 0 Å². The van der Waals surface area contributed by atoms with Gasteiger partial charge in [0.1, 0.15) is 12.4 Å². The second kappa shape index (κ2) is 4.85. The average Bonchev–Trinajstić information content (AvgIpc) is 2.16. The first-order valence-electron chi connectivity index (χ1n) is 5.46. The van der Waals surface area contributed by atoms with Crippen LogP contribution in [0, 0.1) is 20.8 Å². The van der Waals surface area contributed by atoms with Gasteiger partial charge in [-0.2, -0.15) is 0 Å². The fraction of sp³-hybridized carbons (Fsp3) is 0.538. The van der Waals surface area contributed by atoms with Gasteiger partial charge in [0.2, 0.25) is 0 Å². The van der Waals surface area contributed by atoms with E-state index in [1.807, 2.05) is 13.8 Å². The van der Waals surface area contributed by atoms with Gasteiger partial charge in [-0.05, 0) is 38.8 Å². The Hall–Kier alpha value is -1.06. The number of hydrogen-bond donors (Lipinski definition) is 2. The number of aliphatic hydroxyl groups excluding tert-OH is 1. The lowest BCUT2D eigenvalue weighted by Gasteiger charge is -2.23. The van der Waals surface area contributed by atoms with Crippen molar-refractivity contribution in [3.05, 3.63) is 28.8 Å². The molecule has 0 aliphatic carbocycles. The minimum atomic E-state index is -0.691. The van der Waals surface area contributed by atoms with Gasteiger partial charge in [-0.25, -0.2) is 0 Å². The quantitative estimate of drug-likeness (QED) is 0.817. The summed E-state index contributed by atoms with van der Waals surface area (Å²) < 4.78 is 5.69. The molecule has 0 saturated heterocycles. The third-order valence-corrected chi connectivity index (χ3v) is 2.51. The van der Waals surface area contributed by atoms with E-state index in [0.29, 0.717) is 6.61 Å². The molecule has 0 bridgehead atoms. The normalized spacial score (nSPS) is 14.6. The Kier molecular flexibility index (Phi) is 3.94. The Morgan fingerprint density at radius 1 is 1.25 bits per heavy atom. The second-order valence-electron chi connectivity index (χ2n) is 4.83. The van der Waals surface area contributed by atoms with E-state index < -0.39 is 5.54 Å². The topological polar surface area (TPSA) is 55.5 Å². The molecule has 1 unspecified atom stereocenters. The zero-order chi connectivity index (χ0) is 12.3. The predicted molar refractivity (Wildman–Crippen MR) is 65.8 cm³/mol. The minimum absolute atomic E-state index is 0.0864. The van der Waals surface area contributed by atoms with Crippen molar-refractivity contribution in [2.45, 2.75) is 33.2 Å². The van der Waals surface area contributed by atoms with Crippen LogP contribution >= 0.6 is 0 Å². The van der Waals surface area contributed by atoms with E-state index in [2.05, 4.69) is 19.1 Å². The monoisotopic (exact) mass is 223 g/mol. The summed E-state index contributed by atoms with van der Waals surface area (Å²) in [4.78, 5) is 0. The molecule has 90 valence electrons. The molecule has 0 saturated carbocycles. The Bertz CT molecular complexity index is 349.